The van der Waals surface area contributed by atoms with Gasteiger partial charge in [0.15, 0.2) is 11.5 Å². The Bertz CT molecular complexity index is 437. The number of carboxylic acids is 1. The number of carbonyl (C=O) groups excluding carboxylic acids is 1. The van der Waals surface area contributed by atoms with E-state index in [1.165, 1.54) is 7.11 Å². The molecule has 0 atom stereocenters. The van der Waals surface area contributed by atoms with Crippen molar-refractivity contribution < 1.29 is 19.4 Å². The van der Waals surface area contributed by atoms with Gasteiger partial charge in [0.25, 0.3) is 0 Å². The lowest BCUT2D eigenvalue weighted by atomic mass is 10.1. The van der Waals surface area contributed by atoms with E-state index in [0.29, 0.717) is 5.56 Å². The number of ether oxygens (including phenoxy) is 1. The number of allylic oxidation sites excluding steroid dienone is 1. The molecule has 1 rings (SSSR count). The molecule has 5 nitrogen and oxygen atoms in total. The van der Waals surface area contributed by atoms with Crippen LogP contribution in [-0.4, -0.2) is 24.0 Å². The SMILES string of the molecule is COC(C(=O)c1ccccc1)=C(N)C(=O)O. The van der Waals surface area contributed by atoms with Crippen molar-refractivity contribution in [1.29, 1.82) is 0 Å². The lowest BCUT2D eigenvalue weighted by Crippen LogP contribution is -2.19. The Morgan fingerprint density at radius 1 is 1.25 bits per heavy atom. The number of ketones is 1. The predicted octanol–water partition coefficient (Wildman–Crippen LogP) is 0.771. The van der Waals surface area contributed by atoms with Gasteiger partial charge < -0.3 is 15.6 Å². The molecule has 0 amide bonds. The van der Waals surface area contributed by atoms with Gasteiger partial charge in [-0.2, -0.15) is 0 Å². The molecule has 1 aromatic carbocycles. The number of methoxy groups -OCH3 is 1. The summed E-state index contributed by atoms with van der Waals surface area (Å²) < 4.78 is 4.71. The molecule has 1 aromatic rings. The molecule has 84 valence electrons. The third-order valence-electron chi connectivity index (χ3n) is 1.92. The minimum absolute atomic E-state index is 0.323. The van der Waals surface area contributed by atoms with Gasteiger partial charge in [-0.25, -0.2) is 4.79 Å². The molecule has 0 aliphatic carbocycles. The minimum Gasteiger partial charge on any atom is -0.491 e. The van der Waals surface area contributed by atoms with Gasteiger partial charge >= 0.3 is 5.97 Å². The first-order valence-electron chi connectivity index (χ1n) is 4.44. The van der Waals surface area contributed by atoms with Crippen LogP contribution >= 0.6 is 0 Å². The van der Waals surface area contributed by atoms with Crippen LogP contribution in [0.4, 0.5) is 0 Å². The van der Waals surface area contributed by atoms with Crippen LogP contribution in [0, 0.1) is 0 Å². The summed E-state index contributed by atoms with van der Waals surface area (Å²) in [6, 6.07) is 8.18. The maximum absolute atomic E-state index is 11.8. The minimum atomic E-state index is -1.39. The van der Waals surface area contributed by atoms with Crippen molar-refractivity contribution in [3.8, 4) is 0 Å². The topological polar surface area (TPSA) is 89.6 Å². The van der Waals surface area contributed by atoms with Gasteiger partial charge in [-0.1, -0.05) is 30.3 Å². The van der Waals surface area contributed by atoms with E-state index >= 15 is 0 Å². The van der Waals surface area contributed by atoms with Crippen molar-refractivity contribution in [2.24, 2.45) is 5.73 Å². The van der Waals surface area contributed by atoms with Crippen LogP contribution in [0.2, 0.25) is 0 Å². The smallest absolute Gasteiger partial charge is 0.355 e. The van der Waals surface area contributed by atoms with Crippen molar-refractivity contribution in [3.05, 3.63) is 47.4 Å². The van der Waals surface area contributed by atoms with E-state index in [4.69, 9.17) is 15.6 Å². The van der Waals surface area contributed by atoms with Gasteiger partial charge in [0, 0.05) is 5.56 Å². The highest BCUT2D eigenvalue weighted by molar-refractivity contribution is 6.10. The van der Waals surface area contributed by atoms with Crippen LogP contribution in [0.25, 0.3) is 0 Å². The van der Waals surface area contributed by atoms with Crippen LogP contribution in [0.3, 0.4) is 0 Å². The number of rotatable bonds is 4. The fourth-order valence-electron chi connectivity index (χ4n) is 1.14. The lowest BCUT2D eigenvalue weighted by molar-refractivity contribution is -0.132. The standard InChI is InChI=1S/C11H11NO4/c1-16-10(8(12)11(14)15)9(13)7-5-3-2-4-6-7/h2-6H,12H2,1H3,(H,14,15). The van der Waals surface area contributed by atoms with E-state index in [1.54, 1.807) is 30.3 Å². The number of aliphatic carboxylic acids is 1. The van der Waals surface area contributed by atoms with E-state index in [2.05, 4.69) is 0 Å². The molecule has 0 aromatic heterocycles. The summed E-state index contributed by atoms with van der Waals surface area (Å²) in [5, 5.41) is 8.66. The summed E-state index contributed by atoms with van der Waals surface area (Å²) in [5.74, 6) is -2.30. The second-order valence-electron chi connectivity index (χ2n) is 2.95. The second-order valence-corrected chi connectivity index (χ2v) is 2.95. The molecule has 0 unspecified atom stereocenters. The van der Waals surface area contributed by atoms with Crippen molar-refractivity contribution in [3.63, 3.8) is 0 Å². The number of Topliss-reactive ketones (excluding diaryl/α,β-unsaturated/α-hetero) is 1. The van der Waals surface area contributed by atoms with Gasteiger partial charge in [-0.15, -0.1) is 0 Å². The Kier molecular flexibility index (Phi) is 3.66. The van der Waals surface area contributed by atoms with Crippen LogP contribution in [0.15, 0.2) is 41.8 Å². The van der Waals surface area contributed by atoms with Crippen molar-refractivity contribution in [2.75, 3.05) is 7.11 Å². The Balaban J connectivity index is 3.14. The molecule has 0 heterocycles. The first-order chi connectivity index (χ1) is 7.57. The average molecular weight is 221 g/mol. The van der Waals surface area contributed by atoms with E-state index in [0.717, 1.165) is 0 Å². The molecule has 0 fully saturated rings. The highest BCUT2D eigenvalue weighted by Gasteiger charge is 2.20. The van der Waals surface area contributed by atoms with Gasteiger partial charge in [0.1, 0.15) is 0 Å². The molecule has 5 heteroatoms. The number of hydrogen-bond donors (Lipinski definition) is 2. The summed E-state index contributed by atoms with van der Waals surface area (Å²) >= 11 is 0. The highest BCUT2D eigenvalue weighted by atomic mass is 16.5. The summed E-state index contributed by atoms with van der Waals surface area (Å²) in [7, 11) is 1.20. The predicted molar refractivity (Wildman–Crippen MR) is 56.6 cm³/mol. The van der Waals surface area contributed by atoms with Crippen molar-refractivity contribution >= 4 is 11.8 Å². The number of hydrogen-bond acceptors (Lipinski definition) is 4. The third kappa shape index (κ3) is 2.38. The van der Waals surface area contributed by atoms with Crippen LogP contribution < -0.4 is 5.73 Å². The molecule has 0 bridgehead atoms. The maximum atomic E-state index is 11.8. The molecule has 0 saturated carbocycles. The molecule has 3 N–H and O–H groups in total. The molecule has 16 heavy (non-hydrogen) atoms. The Morgan fingerprint density at radius 2 is 1.81 bits per heavy atom. The number of carbonyl (C=O) groups is 2. The summed E-state index contributed by atoms with van der Waals surface area (Å²) in [4.78, 5) is 22.4. The zero-order valence-corrected chi connectivity index (χ0v) is 8.64. The molecule has 0 radical (unpaired) electrons. The molecule has 0 aliphatic rings. The zero-order chi connectivity index (χ0) is 12.1. The number of carboxylic acid groups (broad SMARTS) is 1. The van der Waals surface area contributed by atoms with Gasteiger partial charge in [0.2, 0.25) is 5.78 Å². The van der Waals surface area contributed by atoms with Crippen LogP contribution in [0.1, 0.15) is 10.4 Å². The van der Waals surface area contributed by atoms with Crippen molar-refractivity contribution in [2.45, 2.75) is 0 Å². The van der Waals surface area contributed by atoms with E-state index < -0.39 is 17.4 Å². The van der Waals surface area contributed by atoms with E-state index in [9.17, 15) is 9.59 Å². The van der Waals surface area contributed by atoms with Gasteiger partial charge in [-0.3, -0.25) is 4.79 Å². The normalized spacial score (nSPS) is 11.6. The van der Waals surface area contributed by atoms with Crippen LogP contribution in [0.5, 0.6) is 0 Å². The number of nitrogens with two attached hydrogens (primary N) is 1. The first kappa shape index (κ1) is 11.8. The Hall–Kier alpha value is -2.30. The Labute approximate surface area is 92.1 Å². The van der Waals surface area contributed by atoms with Gasteiger partial charge in [0.05, 0.1) is 7.11 Å². The molecule has 0 saturated heterocycles. The zero-order valence-electron chi connectivity index (χ0n) is 8.64. The first-order valence-corrected chi connectivity index (χ1v) is 4.44. The van der Waals surface area contributed by atoms with Crippen molar-refractivity contribution in [1.82, 2.24) is 0 Å². The van der Waals surface area contributed by atoms with E-state index in [-0.39, 0.29) is 5.76 Å². The quantitative estimate of drug-likeness (QED) is 0.445. The molecular weight excluding hydrogens is 210 g/mol. The largest absolute Gasteiger partial charge is 0.491 e. The second kappa shape index (κ2) is 4.97. The monoisotopic (exact) mass is 221 g/mol. The Morgan fingerprint density at radius 3 is 2.25 bits per heavy atom. The highest BCUT2D eigenvalue weighted by Crippen LogP contribution is 2.10. The molecular formula is C11H11NO4. The lowest BCUT2D eigenvalue weighted by Gasteiger charge is -2.06. The fourth-order valence-corrected chi connectivity index (χ4v) is 1.14. The molecule has 0 spiro atoms. The third-order valence-corrected chi connectivity index (χ3v) is 1.92. The van der Waals surface area contributed by atoms with Gasteiger partial charge in [-0.05, 0) is 0 Å². The average Bonchev–Trinajstić information content (AvgIpc) is 2.30. The fraction of sp³-hybridized carbons (Fsp3) is 0.0909. The summed E-state index contributed by atoms with van der Waals surface area (Å²) in [6.45, 7) is 0. The van der Waals surface area contributed by atoms with E-state index in [1.807, 2.05) is 0 Å². The molecule has 0 aliphatic heterocycles. The summed E-state index contributed by atoms with van der Waals surface area (Å²) in [5.41, 5.74) is 4.97. The number of benzene rings is 1. The summed E-state index contributed by atoms with van der Waals surface area (Å²) in [6.07, 6.45) is 0. The van der Waals surface area contributed by atoms with Crippen LogP contribution in [-0.2, 0) is 9.53 Å². The maximum Gasteiger partial charge on any atom is 0.355 e.